The maximum atomic E-state index is 13.4. The van der Waals surface area contributed by atoms with Crippen molar-refractivity contribution in [3.63, 3.8) is 0 Å². The van der Waals surface area contributed by atoms with Gasteiger partial charge in [0.1, 0.15) is 5.82 Å². The number of rotatable bonds is 6. The van der Waals surface area contributed by atoms with Gasteiger partial charge in [-0.25, -0.2) is 4.39 Å². The second-order valence-corrected chi connectivity index (χ2v) is 5.00. The zero-order chi connectivity index (χ0) is 12.0. The van der Waals surface area contributed by atoms with Gasteiger partial charge in [-0.2, -0.15) is 0 Å². The van der Waals surface area contributed by atoms with Crippen molar-refractivity contribution >= 4 is 15.9 Å². The van der Waals surface area contributed by atoms with E-state index in [4.69, 9.17) is 0 Å². The van der Waals surface area contributed by atoms with Crippen LogP contribution in [0.5, 0.6) is 0 Å². The molecule has 0 bridgehead atoms. The Morgan fingerprint density at radius 1 is 1.44 bits per heavy atom. The Bertz CT molecular complexity index is 328. The minimum atomic E-state index is -0.0979. The quantitative estimate of drug-likeness (QED) is 0.837. The standard InChI is InChI=1S/C13H19BrFN/c1-3-16-10(2)5-4-6-11-9-12(14)7-8-13(11)15/h7-10,16H,3-6H2,1-2H3. The lowest BCUT2D eigenvalue weighted by atomic mass is 10.1. The van der Waals surface area contributed by atoms with Crippen LogP contribution < -0.4 is 5.32 Å². The summed E-state index contributed by atoms with van der Waals surface area (Å²) >= 11 is 3.36. The molecule has 1 N–H and O–H groups in total. The Labute approximate surface area is 106 Å². The monoisotopic (exact) mass is 287 g/mol. The van der Waals surface area contributed by atoms with Crippen molar-refractivity contribution in [2.75, 3.05) is 6.54 Å². The van der Waals surface area contributed by atoms with Gasteiger partial charge in [0, 0.05) is 10.5 Å². The Morgan fingerprint density at radius 3 is 2.88 bits per heavy atom. The van der Waals surface area contributed by atoms with Crippen LogP contribution >= 0.6 is 15.9 Å². The third kappa shape index (κ3) is 4.62. The van der Waals surface area contributed by atoms with Crippen molar-refractivity contribution in [2.24, 2.45) is 0 Å². The lowest BCUT2D eigenvalue weighted by molar-refractivity contribution is 0.507. The van der Waals surface area contributed by atoms with E-state index in [1.807, 2.05) is 6.07 Å². The largest absolute Gasteiger partial charge is 0.315 e. The van der Waals surface area contributed by atoms with Gasteiger partial charge in [-0.05, 0) is 56.5 Å². The molecule has 0 aliphatic carbocycles. The average molecular weight is 288 g/mol. The first-order chi connectivity index (χ1) is 7.63. The van der Waals surface area contributed by atoms with Crippen LogP contribution in [-0.4, -0.2) is 12.6 Å². The zero-order valence-electron chi connectivity index (χ0n) is 9.89. The molecule has 1 nitrogen and oxygen atoms in total. The second kappa shape index (κ2) is 7.02. The molecule has 1 rings (SSSR count). The summed E-state index contributed by atoms with van der Waals surface area (Å²) in [6.07, 6.45) is 2.91. The van der Waals surface area contributed by atoms with Gasteiger partial charge in [-0.3, -0.25) is 0 Å². The van der Waals surface area contributed by atoms with Crippen LogP contribution in [0.4, 0.5) is 4.39 Å². The van der Waals surface area contributed by atoms with Gasteiger partial charge >= 0.3 is 0 Å². The molecular formula is C13H19BrFN. The molecule has 0 amide bonds. The van der Waals surface area contributed by atoms with Gasteiger partial charge in [-0.15, -0.1) is 0 Å². The van der Waals surface area contributed by atoms with Crippen LogP contribution in [0.2, 0.25) is 0 Å². The topological polar surface area (TPSA) is 12.0 Å². The summed E-state index contributed by atoms with van der Waals surface area (Å²) in [4.78, 5) is 0. The Kier molecular flexibility index (Phi) is 5.99. The first-order valence-corrected chi connectivity index (χ1v) is 6.60. The normalized spacial score (nSPS) is 12.8. The summed E-state index contributed by atoms with van der Waals surface area (Å²) in [6, 6.07) is 5.64. The first kappa shape index (κ1) is 13.7. The van der Waals surface area contributed by atoms with E-state index in [9.17, 15) is 4.39 Å². The van der Waals surface area contributed by atoms with Crippen LogP contribution in [0.3, 0.4) is 0 Å². The Hall–Kier alpha value is -0.410. The number of hydrogen-bond acceptors (Lipinski definition) is 1. The fourth-order valence-electron chi connectivity index (χ4n) is 1.78. The predicted molar refractivity (Wildman–Crippen MR) is 70.2 cm³/mol. The first-order valence-electron chi connectivity index (χ1n) is 5.80. The molecule has 16 heavy (non-hydrogen) atoms. The van der Waals surface area contributed by atoms with Gasteiger partial charge in [0.2, 0.25) is 0 Å². The van der Waals surface area contributed by atoms with Crippen molar-refractivity contribution in [2.45, 2.75) is 39.2 Å². The van der Waals surface area contributed by atoms with E-state index in [0.29, 0.717) is 6.04 Å². The van der Waals surface area contributed by atoms with Crippen molar-refractivity contribution in [3.8, 4) is 0 Å². The molecule has 0 saturated carbocycles. The van der Waals surface area contributed by atoms with Gasteiger partial charge in [0.15, 0.2) is 0 Å². The maximum Gasteiger partial charge on any atom is 0.126 e. The van der Waals surface area contributed by atoms with Crippen LogP contribution in [0, 0.1) is 5.82 Å². The van der Waals surface area contributed by atoms with Crippen molar-refractivity contribution in [3.05, 3.63) is 34.1 Å². The van der Waals surface area contributed by atoms with Gasteiger partial charge < -0.3 is 5.32 Å². The molecular weight excluding hydrogens is 269 g/mol. The van der Waals surface area contributed by atoms with Crippen molar-refractivity contribution < 1.29 is 4.39 Å². The smallest absolute Gasteiger partial charge is 0.126 e. The molecule has 3 heteroatoms. The van der Waals surface area contributed by atoms with Crippen LogP contribution in [0.1, 0.15) is 32.3 Å². The third-order valence-electron chi connectivity index (χ3n) is 2.64. The molecule has 0 heterocycles. The van der Waals surface area contributed by atoms with Crippen molar-refractivity contribution in [1.82, 2.24) is 5.32 Å². The highest BCUT2D eigenvalue weighted by Crippen LogP contribution is 2.17. The molecule has 0 aliphatic rings. The number of halogens is 2. The predicted octanol–water partition coefficient (Wildman–Crippen LogP) is 3.91. The van der Waals surface area contributed by atoms with E-state index in [1.54, 1.807) is 6.07 Å². The Morgan fingerprint density at radius 2 is 2.19 bits per heavy atom. The lowest BCUT2D eigenvalue weighted by Gasteiger charge is -2.11. The second-order valence-electron chi connectivity index (χ2n) is 4.09. The number of nitrogens with one attached hydrogen (secondary N) is 1. The molecule has 0 spiro atoms. The highest BCUT2D eigenvalue weighted by Gasteiger charge is 2.04. The zero-order valence-corrected chi connectivity index (χ0v) is 11.5. The van der Waals surface area contributed by atoms with E-state index in [2.05, 4.69) is 35.1 Å². The highest BCUT2D eigenvalue weighted by atomic mass is 79.9. The molecule has 0 fully saturated rings. The number of hydrogen-bond donors (Lipinski definition) is 1. The summed E-state index contributed by atoms with van der Waals surface area (Å²) in [7, 11) is 0. The number of benzene rings is 1. The van der Waals surface area contributed by atoms with E-state index < -0.39 is 0 Å². The SMILES string of the molecule is CCNC(C)CCCc1cc(Br)ccc1F. The lowest BCUT2D eigenvalue weighted by Crippen LogP contribution is -2.25. The average Bonchev–Trinajstić information content (AvgIpc) is 2.23. The van der Waals surface area contributed by atoms with Crippen LogP contribution in [-0.2, 0) is 6.42 Å². The molecule has 90 valence electrons. The van der Waals surface area contributed by atoms with Gasteiger partial charge in [0.25, 0.3) is 0 Å². The van der Waals surface area contributed by atoms with E-state index >= 15 is 0 Å². The molecule has 0 saturated heterocycles. The van der Waals surface area contributed by atoms with Gasteiger partial charge in [-0.1, -0.05) is 22.9 Å². The fourth-order valence-corrected chi connectivity index (χ4v) is 2.19. The summed E-state index contributed by atoms with van der Waals surface area (Å²) < 4.78 is 14.4. The van der Waals surface area contributed by atoms with Crippen LogP contribution in [0.25, 0.3) is 0 Å². The molecule has 1 aromatic rings. The summed E-state index contributed by atoms with van der Waals surface area (Å²) in [6.45, 7) is 5.26. The molecule has 0 aromatic heterocycles. The molecule has 1 unspecified atom stereocenters. The fraction of sp³-hybridized carbons (Fsp3) is 0.538. The maximum absolute atomic E-state index is 13.4. The minimum absolute atomic E-state index is 0.0979. The van der Waals surface area contributed by atoms with E-state index in [-0.39, 0.29) is 5.82 Å². The minimum Gasteiger partial charge on any atom is -0.315 e. The van der Waals surface area contributed by atoms with E-state index in [0.717, 1.165) is 35.8 Å². The Balaban J connectivity index is 2.39. The summed E-state index contributed by atoms with van der Waals surface area (Å²) in [5.41, 5.74) is 0.804. The van der Waals surface area contributed by atoms with Gasteiger partial charge in [0.05, 0.1) is 0 Å². The third-order valence-corrected chi connectivity index (χ3v) is 3.14. The summed E-state index contributed by atoms with van der Waals surface area (Å²) in [5, 5.41) is 3.35. The molecule has 0 radical (unpaired) electrons. The van der Waals surface area contributed by atoms with E-state index in [1.165, 1.54) is 6.07 Å². The summed E-state index contributed by atoms with van der Waals surface area (Å²) in [5.74, 6) is -0.0979. The molecule has 1 atom stereocenters. The van der Waals surface area contributed by atoms with Crippen molar-refractivity contribution in [1.29, 1.82) is 0 Å². The molecule has 1 aromatic carbocycles. The number of aryl methyl sites for hydroxylation is 1. The van der Waals surface area contributed by atoms with Crippen LogP contribution in [0.15, 0.2) is 22.7 Å². The molecule has 0 aliphatic heterocycles. The highest BCUT2D eigenvalue weighted by molar-refractivity contribution is 9.10.